The molecule has 0 atom stereocenters. The molecule has 1 aromatic carbocycles. The van der Waals surface area contributed by atoms with Gasteiger partial charge in [0.2, 0.25) is 5.96 Å². The van der Waals surface area contributed by atoms with Gasteiger partial charge in [-0.3, -0.25) is 5.43 Å². The molecule has 0 spiro atoms. The van der Waals surface area contributed by atoms with Crippen molar-refractivity contribution < 1.29 is 0 Å². The minimum Gasteiger partial charge on any atom is -0.339 e. The van der Waals surface area contributed by atoms with E-state index in [2.05, 4.69) is 43.0 Å². The third-order valence-corrected chi connectivity index (χ3v) is 2.58. The van der Waals surface area contributed by atoms with E-state index in [4.69, 9.17) is 5.84 Å². The van der Waals surface area contributed by atoms with Crippen LogP contribution in [0.15, 0.2) is 35.3 Å². The van der Waals surface area contributed by atoms with Crippen molar-refractivity contribution in [2.45, 2.75) is 33.7 Å². The number of benzene rings is 1. The summed E-state index contributed by atoms with van der Waals surface area (Å²) in [5, 5.41) is 0. The number of nitrogens with two attached hydrogens (primary N) is 1. The van der Waals surface area contributed by atoms with Gasteiger partial charge in [0.1, 0.15) is 0 Å². The minimum absolute atomic E-state index is 0.353. The second-order valence-electron chi connectivity index (χ2n) is 5.06. The van der Waals surface area contributed by atoms with E-state index in [0.717, 1.165) is 12.2 Å². The zero-order valence-electron chi connectivity index (χ0n) is 11.7. The van der Waals surface area contributed by atoms with Crippen molar-refractivity contribution in [3.05, 3.63) is 30.3 Å². The maximum atomic E-state index is 5.61. The Morgan fingerprint density at radius 3 is 2.28 bits per heavy atom. The van der Waals surface area contributed by atoms with Gasteiger partial charge < -0.3 is 4.90 Å². The number of aliphatic imine (C=N–C) groups is 1. The summed E-state index contributed by atoms with van der Waals surface area (Å²) >= 11 is 0. The van der Waals surface area contributed by atoms with Gasteiger partial charge in [0, 0.05) is 12.6 Å². The van der Waals surface area contributed by atoms with E-state index in [0.29, 0.717) is 17.9 Å². The molecule has 0 aliphatic heterocycles. The Labute approximate surface area is 110 Å². The molecule has 0 aromatic heterocycles. The van der Waals surface area contributed by atoms with Gasteiger partial charge >= 0.3 is 0 Å². The van der Waals surface area contributed by atoms with Gasteiger partial charge in [0.25, 0.3) is 0 Å². The molecule has 3 N–H and O–H groups in total. The first-order valence-corrected chi connectivity index (χ1v) is 6.41. The fourth-order valence-corrected chi connectivity index (χ4v) is 1.74. The van der Waals surface area contributed by atoms with Crippen molar-refractivity contribution in [3.8, 4) is 0 Å². The van der Waals surface area contributed by atoms with Crippen molar-refractivity contribution in [1.82, 2.24) is 10.3 Å². The predicted molar refractivity (Wildman–Crippen MR) is 77.5 cm³/mol. The average Bonchev–Trinajstić information content (AvgIpc) is 2.34. The number of hydrazine groups is 1. The lowest BCUT2D eigenvalue weighted by atomic mass is 10.2. The highest BCUT2D eigenvalue weighted by Crippen LogP contribution is 2.12. The van der Waals surface area contributed by atoms with Crippen LogP contribution in [0.4, 0.5) is 5.69 Å². The summed E-state index contributed by atoms with van der Waals surface area (Å²) in [5.74, 6) is 6.88. The van der Waals surface area contributed by atoms with Crippen LogP contribution in [0.3, 0.4) is 0 Å². The third-order valence-electron chi connectivity index (χ3n) is 2.58. The fourth-order valence-electron chi connectivity index (χ4n) is 1.74. The van der Waals surface area contributed by atoms with Crippen LogP contribution in [0.25, 0.3) is 0 Å². The summed E-state index contributed by atoms with van der Waals surface area (Å²) in [5.41, 5.74) is 3.62. The highest BCUT2D eigenvalue weighted by atomic mass is 15.4. The van der Waals surface area contributed by atoms with Crippen LogP contribution in [0.1, 0.15) is 27.7 Å². The molecule has 1 rings (SSSR count). The molecule has 100 valence electrons. The van der Waals surface area contributed by atoms with Crippen molar-refractivity contribution in [1.29, 1.82) is 0 Å². The Bertz CT molecular complexity index is 371. The van der Waals surface area contributed by atoms with Crippen molar-refractivity contribution in [2.75, 3.05) is 6.54 Å². The number of hydrogen-bond acceptors (Lipinski definition) is 2. The van der Waals surface area contributed by atoms with Gasteiger partial charge in [0.15, 0.2) is 0 Å². The Morgan fingerprint density at radius 2 is 1.83 bits per heavy atom. The van der Waals surface area contributed by atoms with E-state index >= 15 is 0 Å². The molecule has 0 aliphatic carbocycles. The molecule has 0 radical (unpaired) electrons. The van der Waals surface area contributed by atoms with Gasteiger partial charge in [-0.15, -0.1) is 0 Å². The molecule has 0 bridgehead atoms. The summed E-state index contributed by atoms with van der Waals surface area (Å²) in [6, 6.07) is 10.2. The average molecular weight is 248 g/mol. The molecule has 0 saturated heterocycles. The minimum atomic E-state index is 0.353. The summed E-state index contributed by atoms with van der Waals surface area (Å²) < 4.78 is 0. The summed E-state index contributed by atoms with van der Waals surface area (Å²) in [6.45, 7) is 9.58. The lowest BCUT2D eigenvalue weighted by Crippen LogP contribution is -2.49. The molecule has 0 heterocycles. The topological polar surface area (TPSA) is 53.6 Å². The number of hydrogen-bond donors (Lipinski definition) is 2. The second kappa shape index (κ2) is 7.01. The standard InChI is InChI=1S/C14H24N4/c1-11(2)10-18(12(3)4)14(17-15)16-13-8-6-5-7-9-13/h5-9,11-12H,10,15H2,1-4H3,(H,16,17). The zero-order chi connectivity index (χ0) is 13.5. The number of nitrogens with one attached hydrogen (secondary N) is 1. The second-order valence-corrected chi connectivity index (χ2v) is 5.06. The van der Waals surface area contributed by atoms with Crippen molar-refractivity contribution >= 4 is 11.6 Å². The van der Waals surface area contributed by atoms with E-state index in [1.807, 2.05) is 30.3 Å². The largest absolute Gasteiger partial charge is 0.339 e. The molecule has 0 unspecified atom stereocenters. The number of para-hydroxylation sites is 1. The molecule has 18 heavy (non-hydrogen) atoms. The lowest BCUT2D eigenvalue weighted by Gasteiger charge is -2.30. The van der Waals surface area contributed by atoms with E-state index in [9.17, 15) is 0 Å². The monoisotopic (exact) mass is 248 g/mol. The molecule has 0 aliphatic rings. The number of guanidine groups is 1. The van der Waals surface area contributed by atoms with E-state index in [1.54, 1.807) is 0 Å². The highest BCUT2D eigenvalue weighted by Gasteiger charge is 2.15. The van der Waals surface area contributed by atoms with E-state index in [-0.39, 0.29) is 0 Å². The molecule has 1 aromatic rings. The molecule has 0 saturated carbocycles. The van der Waals surface area contributed by atoms with Crippen LogP contribution >= 0.6 is 0 Å². The Balaban J connectivity index is 2.95. The summed E-state index contributed by atoms with van der Waals surface area (Å²) in [6.07, 6.45) is 0. The lowest BCUT2D eigenvalue weighted by molar-refractivity contribution is 0.302. The van der Waals surface area contributed by atoms with Crippen LogP contribution in [-0.2, 0) is 0 Å². The molecular weight excluding hydrogens is 224 g/mol. The highest BCUT2D eigenvalue weighted by molar-refractivity contribution is 5.82. The van der Waals surface area contributed by atoms with E-state index < -0.39 is 0 Å². The number of nitrogens with zero attached hydrogens (tertiary/aromatic N) is 2. The Hall–Kier alpha value is -1.55. The predicted octanol–water partition coefficient (Wildman–Crippen LogP) is 2.50. The molecule has 0 amide bonds. The number of rotatable bonds is 4. The molecule has 4 heteroatoms. The SMILES string of the molecule is CC(C)CN(C(=Nc1ccccc1)NN)C(C)C. The van der Waals surface area contributed by atoms with Gasteiger partial charge in [-0.25, -0.2) is 10.8 Å². The molecule has 0 fully saturated rings. The first kappa shape index (κ1) is 14.5. The molecule has 4 nitrogen and oxygen atoms in total. The summed E-state index contributed by atoms with van der Waals surface area (Å²) in [4.78, 5) is 6.74. The van der Waals surface area contributed by atoms with Crippen LogP contribution in [0.2, 0.25) is 0 Å². The van der Waals surface area contributed by atoms with E-state index in [1.165, 1.54) is 0 Å². The van der Waals surface area contributed by atoms with Crippen LogP contribution in [-0.4, -0.2) is 23.4 Å². The van der Waals surface area contributed by atoms with Crippen molar-refractivity contribution in [3.63, 3.8) is 0 Å². The first-order valence-electron chi connectivity index (χ1n) is 6.41. The van der Waals surface area contributed by atoms with Gasteiger partial charge in [-0.05, 0) is 31.9 Å². The maximum Gasteiger partial charge on any atom is 0.213 e. The van der Waals surface area contributed by atoms with Gasteiger partial charge in [0.05, 0.1) is 5.69 Å². The maximum absolute atomic E-state index is 5.61. The smallest absolute Gasteiger partial charge is 0.213 e. The summed E-state index contributed by atoms with van der Waals surface area (Å²) in [7, 11) is 0. The normalized spacial score (nSPS) is 12.1. The van der Waals surface area contributed by atoms with Gasteiger partial charge in [-0.1, -0.05) is 32.0 Å². The van der Waals surface area contributed by atoms with Crippen molar-refractivity contribution in [2.24, 2.45) is 16.8 Å². The van der Waals surface area contributed by atoms with Gasteiger partial charge in [-0.2, -0.15) is 0 Å². The van der Waals surface area contributed by atoms with Crippen LogP contribution in [0.5, 0.6) is 0 Å². The zero-order valence-corrected chi connectivity index (χ0v) is 11.7. The Morgan fingerprint density at radius 1 is 1.22 bits per heavy atom. The third kappa shape index (κ3) is 4.37. The molecular formula is C14H24N4. The quantitative estimate of drug-likeness (QED) is 0.372. The fraction of sp³-hybridized carbons (Fsp3) is 0.500. The van der Waals surface area contributed by atoms with Crippen LogP contribution in [0, 0.1) is 5.92 Å². The first-order chi connectivity index (χ1) is 8.54. The van der Waals surface area contributed by atoms with Crippen LogP contribution < -0.4 is 11.3 Å². The Kier molecular flexibility index (Phi) is 5.65.